The molecule has 0 spiro atoms. The SMILES string of the molecule is CC.CN(CCN1CCN(c2cc(OC3CN(C(=O)OC(C)(C)C)C[C@H]3F)c(F)cc2F)CC1)c1nc(N)nc(/N=C(\N)c2ccco2)c1SC=O. The lowest BCUT2D eigenvalue weighted by molar-refractivity contribution is 0.0273. The molecule has 1 unspecified atom stereocenters. The van der Waals surface area contributed by atoms with Crippen LogP contribution in [-0.4, -0.2) is 115 Å². The number of furan rings is 1. The van der Waals surface area contributed by atoms with E-state index in [1.165, 1.54) is 17.2 Å². The van der Waals surface area contributed by atoms with Crippen LogP contribution in [0.5, 0.6) is 5.75 Å². The van der Waals surface area contributed by atoms with Crippen molar-refractivity contribution in [1.82, 2.24) is 19.8 Å². The number of likely N-dealkylation sites (tertiary alicyclic amines) is 1. The Kier molecular flexibility index (Phi) is 13.6. The van der Waals surface area contributed by atoms with Gasteiger partial charge in [-0.15, -0.1) is 0 Å². The van der Waals surface area contributed by atoms with Crippen LogP contribution in [-0.2, 0) is 9.53 Å². The molecule has 0 bridgehead atoms. The summed E-state index contributed by atoms with van der Waals surface area (Å²) in [6, 6.07) is 5.26. The molecule has 14 nitrogen and oxygen atoms in total. The maximum atomic E-state index is 15.0. The van der Waals surface area contributed by atoms with Gasteiger partial charge in [-0.3, -0.25) is 9.69 Å². The van der Waals surface area contributed by atoms with E-state index >= 15 is 4.39 Å². The lowest BCUT2D eigenvalue weighted by Gasteiger charge is -2.37. The minimum atomic E-state index is -1.58. The lowest BCUT2D eigenvalue weighted by atomic mass is 10.2. The van der Waals surface area contributed by atoms with Gasteiger partial charge in [0.1, 0.15) is 28.2 Å². The Hall–Kier alpha value is -4.71. The molecule has 2 aliphatic rings. The topological polar surface area (TPSA) is 169 Å². The standard InChI is InChI=1S/C32H40F3N9O5S.C2H6/c1-32(2,3)49-31(46)44-16-21(35)25(17-44)48-24-15-22(19(33)14-20(24)34)43-11-9-42(10-12-43)8-7-41(4)29-26(50-18-45)28(39-30(37)40-29)38-27(36)23-6-5-13-47-23;1-2/h5-6,13-15,18,21,25H,7-12,16-17H2,1-4H3,(H4,36,37,38,39,40);1-2H3/t21-,25?;/m1./s1. The second-order valence-electron chi connectivity index (χ2n) is 12.8. The molecule has 2 atom stereocenters. The fraction of sp³-hybridized carbons (Fsp3) is 0.500. The van der Waals surface area contributed by atoms with Crippen molar-refractivity contribution in [2.45, 2.75) is 57.4 Å². The molecule has 284 valence electrons. The Morgan fingerprint density at radius 1 is 1.15 bits per heavy atom. The van der Waals surface area contributed by atoms with Crippen molar-refractivity contribution in [3.8, 4) is 5.75 Å². The van der Waals surface area contributed by atoms with Gasteiger partial charge in [0.15, 0.2) is 40.8 Å². The van der Waals surface area contributed by atoms with E-state index < -0.39 is 35.6 Å². The van der Waals surface area contributed by atoms with E-state index in [0.717, 1.165) is 17.8 Å². The van der Waals surface area contributed by atoms with Crippen molar-refractivity contribution in [2.24, 2.45) is 10.7 Å². The second-order valence-corrected chi connectivity index (χ2v) is 13.6. The predicted octanol–water partition coefficient (Wildman–Crippen LogP) is 4.87. The number of aliphatic imine (C=N–C) groups is 1. The van der Waals surface area contributed by atoms with Gasteiger partial charge in [-0.1, -0.05) is 13.8 Å². The number of piperazine rings is 1. The van der Waals surface area contributed by atoms with Crippen LogP contribution >= 0.6 is 11.8 Å². The van der Waals surface area contributed by atoms with E-state index in [0.29, 0.717) is 61.4 Å². The van der Waals surface area contributed by atoms with Gasteiger partial charge in [0.25, 0.3) is 0 Å². The summed E-state index contributed by atoms with van der Waals surface area (Å²) in [5.74, 6) is -1.19. The van der Waals surface area contributed by atoms with Crippen molar-refractivity contribution in [3.05, 3.63) is 47.9 Å². The van der Waals surface area contributed by atoms with Gasteiger partial charge in [-0.2, -0.15) is 9.97 Å². The summed E-state index contributed by atoms with van der Waals surface area (Å²) in [6.07, 6.45) is -1.96. The number of rotatable bonds is 11. The molecule has 5 rings (SSSR count). The first-order valence-electron chi connectivity index (χ1n) is 16.8. The highest BCUT2D eigenvalue weighted by atomic mass is 32.2. The van der Waals surface area contributed by atoms with E-state index in [9.17, 15) is 18.4 Å². The fourth-order valence-electron chi connectivity index (χ4n) is 5.47. The van der Waals surface area contributed by atoms with Crippen molar-refractivity contribution < 1.29 is 36.7 Å². The van der Waals surface area contributed by atoms with Crippen LogP contribution in [0.4, 0.5) is 41.2 Å². The number of alkyl halides is 1. The third-order valence-electron chi connectivity index (χ3n) is 7.97. The average Bonchev–Trinajstić information content (AvgIpc) is 3.77. The number of likely N-dealkylation sites (N-methyl/N-ethyl adjacent to an activating group) is 1. The number of hydrogen-bond donors (Lipinski definition) is 2. The van der Waals surface area contributed by atoms with Crippen molar-refractivity contribution >= 4 is 52.6 Å². The largest absolute Gasteiger partial charge is 0.482 e. The third-order valence-corrected chi connectivity index (χ3v) is 8.67. The number of carbonyl (C=O) groups excluding carboxylic acids is 2. The van der Waals surface area contributed by atoms with Gasteiger partial charge in [-0.05, 0) is 44.7 Å². The minimum Gasteiger partial charge on any atom is -0.482 e. The number of nitrogens with two attached hydrogens (primary N) is 2. The number of ether oxygens (including phenoxy) is 2. The number of halogens is 3. The molecule has 0 radical (unpaired) electrons. The molecule has 2 aromatic heterocycles. The zero-order valence-electron chi connectivity index (χ0n) is 30.1. The first-order chi connectivity index (χ1) is 24.7. The summed E-state index contributed by atoms with van der Waals surface area (Å²) in [5, 5.41) is 0. The number of amides is 1. The summed E-state index contributed by atoms with van der Waals surface area (Å²) in [4.78, 5) is 44.1. The monoisotopic (exact) mass is 749 g/mol. The number of nitrogens with zero attached hydrogens (tertiary/aromatic N) is 7. The number of hydrogen-bond acceptors (Lipinski definition) is 13. The fourth-order valence-corrected chi connectivity index (χ4v) is 6.07. The summed E-state index contributed by atoms with van der Waals surface area (Å²) >= 11 is 0.848. The molecule has 3 aromatic rings. The quantitative estimate of drug-likeness (QED) is 0.118. The molecule has 52 heavy (non-hydrogen) atoms. The van der Waals surface area contributed by atoms with E-state index in [1.807, 2.05) is 18.7 Å². The number of nitrogen functional groups attached to an aromatic ring is 1. The molecule has 2 fully saturated rings. The number of anilines is 3. The first kappa shape index (κ1) is 40.1. The number of aromatic nitrogens is 2. The van der Waals surface area contributed by atoms with Crippen molar-refractivity contribution in [3.63, 3.8) is 0 Å². The van der Waals surface area contributed by atoms with E-state index in [4.69, 9.17) is 25.4 Å². The van der Waals surface area contributed by atoms with E-state index in [1.54, 1.807) is 44.9 Å². The van der Waals surface area contributed by atoms with Gasteiger partial charge < -0.3 is 40.1 Å². The van der Waals surface area contributed by atoms with Gasteiger partial charge in [0.2, 0.25) is 5.95 Å². The van der Waals surface area contributed by atoms with Crippen molar-refractivity contribution in [1.29, 1.82) is 0 Å². The number of thioether (sulfide) groups is 1. The number of carbonyl (C=O) groups is 2. The maximum Gasteiger partial charge on any atom is 0.410 e. The Morgan fingerprint density at radius 3 is 2.50 bits per heavy atom. The van der Waals surface area contributed by atoms with Gasteiger partial charge in [0.05, 0.1) is 25.0 Å². The van der Waals surface area contributed by atoms with Crippen LogP contribution in [0.25, 0.3) is 0 Å². The zero-order chi connectivity index (χ0) is 38.2. The molecule has 18 heteroatoms. The average molecular weight is 750 g/mol. The van der Waals surface area contributed by atoms with E-state index in [2.05, 4.69) is 19.9 Å². The Balaban J connectivity index is 0.00000297. The molecule has 1 amide bonds. The molecule has 1 aromatic carbocycles. The highest BCUT2D eigenvalue weighted by molar-refractivity contribution is 8.12. The molecular weight excluding hydrogens is 703 g/mol. The number of benzene rings is 1. The molecule has 2 saturated heterocycles. The summed E-state index contributed by atoms with van der Waals surface area (Å²) in [7, 11) is 1.80. The van der Waals surface area contributed by atoms with Gasteiger partial charge in [-0.25, -0.2) is 23.0 Å². The van der Waals surface area contributed by atoms with Gasteiger partial charge >= 0.3 is 6.09 Å². The van der Waals surface area contributed by atoms with E-state index in [-0.39, 0.29) is 42.1 Å². The molecule has 0 saturated carbocycles. The molecular formula is C34H46F3N9O5S. The van der Waals surface area contributed by atoms with Crippen LogP contribution in [0.1, 0.15) is 40.4 Å². The van der Waals surface area contributed by atoms with Crippen LogP contribution in [0.3, 0.4) is 0 Å². The molecule has 2 aliphatic heterocycles. The Morgan fingerprint density at radius 2 is 1.87 bits per heavy atom. The first-order valence-corrected chi connectivity index (χ1v) is 17.7. The second kappa shape index (κ2) is 17.7. The molecule has 4 heterocycles. The normalized spacial score (nSPS) is 18.1. The van der Waals surface area contributed by atoms with Crippen LogP contribution in [0, 0.1) is 11.6 Å². The van der Waals surface area contributed by atoms with Crippen molar-refractivity contribution in [2.75, 3.05) is 74.9 Å². The summed E-state index contributed by atoms with van der Waals surface area (Å²) < 4.78 is 60.9. The Labute approximate surface area is 305 Å². The van der Waals surface area contributed by atoms with Crippen LogP contribution < -0.4 is 26.0 Å². The van der Waals surface area contributed by atoms with Crippen LogP contribution in [0.15, 0.2) is 44.8 Å². The number of amidine groups is 1. The Bertz CT molecular complexity index is 1700. The molecule has 4 N–H and O–H groups in total. The lowest BCUT2D eigenvalue weighted by Crippen LogP contribution is -2.48. The maximum absolute atomic E-state index is 15.0. The zero-order valence-corrected chi connectivity index (χ0v) is 31.0. The predicted molar refractivity (Wildman–Crippen MR) is 195 cm³/mol. The van der Waals surface area contributed by atoms with Crippen LogP contribution in [0.2, 0.25) is 0 Å². The summed E-state index contributed by atoms with van der Waals surface area (Å²) in [5.41, 5.74) is 12.1. The smallest absolute Gasteiger partial charge is 0.410 e. The highest BCUT2D eigenvalue weighted by Gasteiger charge is 2.39. The summed E-state index contributed by atoms with van der Waals surface area (Å²) in [6.45, 7) is 11.7. The molecule has 0 aliphatic carbocycles. The van der Waals surface area contributed by atoms with Gasteiger partial charge in [0, 0.05) is 58.4 Å². The minimum absolute atomic E-state index is 0.0540. The third kappa shape index (κ3) is 10.2. The highest BCUT2D eigenvalue weighted by Crippen LogP contribution is 2.36.